The molecule has 3 aromatic heterocycles. The van der Waals surface area contributed by atoms with Crippen LogP contribution in [0.3, 0.4) is 0 Å². The van der Waals surface area contributed by atoms with Crippen LogP contribution >= 0.6 is 11.6 Å². The van der Waals surface area contributed by atoms with Gasteiger partial charge in [0.1, 0.15) is 18.2 Å². The van der Waals surface area contributed by atoms with Crippen molar-refractivity contribution in [3.05, 3.63) is 76.1 Å². The molecule has 2 aliphatic rings. The van der Waals surface area contributed by atoms with Crippen molar-refractivity contribution in [1.82, 2.24) is 19.9 Å². The number of piperidine rings is 1. The first kappa shape index (κ1) is 20.0. The summed E-state index contributed by atoms with van der Waals surface area (Å²) in [6.07, 6.45) is 7.56. The smallest absolute Gasteiger partial charge is 0.258 e. The highest BCUT2D eigenvalue weighted by Crippen LogP contribution is 2.38. The van der Waals surface area contributed by atoms with Crippen molar-refractivity contribution in [3.8, 4) is 11.4 Å². The summed E-state index contributed by atoms with van der Waals surface area (Å²) in [6, 6.07) is 10.7. The molecule has 0 saturated carbocycles. The maximum Gasteiger partial charge on any atom is 0.258 e. The molecule has 3 aromatic rings. The zero-order chi connectivity index (χ0) is 21.3. The number of hydrogen-bond donors (Lipinski definition) is 1. The Bertz CT molecular complexity index is 1100. The van der Waals surface area contributed by atoms with E-state index in [0.29, 0.717) is 16.2 Å². The van der Waals surface area contributed by atoms with Gasteiger partial charge in [0, 0.05) is 43.5 Å². The van der Waals surface area contributed by atoms with Gasteiger partial charge in [-0.15, -0.1) is 0 Å². The number of aromatic nitrogens is 3. The van der Waals surface area contributed by atoms with Crippen LogP contribution in [0.15, 0.2) is 59.8 Å². The summed E-state index contributed by atoms with van der Waals surface area (Å²) >= 11 is 5.84. The van der Waals surface area contributed by atoms with Crippen LogP contribution in [-0.4, -0.2) is 40.7 Å². The third-order valence-corrected chi connectivity index (χ3v) is 6.24. The molecule has 1 N–H and O–H groups in total. The molecule has 0 radical (unpaired) electrons. The number of halogens is 1. The predicted octanol–water partition coefficient (Wildman–Crippen LogP) is 3.05. The topological polar surface area (TPSA) is 72.3 Å². The lowest BCUT2D eigenvalue weighted by Gasteiger charge is -2.53. The van der Waals surface area contributed by atoms with Gasteiger partial charge in [-0.2, -0.15) is 0 Å². The number of anilines is 1. The van der Waals surface area contributed by atoms with Crippen molar-refractivity contribution in [3.63, 3.8) is 0 Å². The molecule has 2 aliphatic heterocycles. The molecule has 0 aromatic carbocycles. The highest BCUT2D eigenvalue weighted by atomic mass is 35.5. The Morgan fingerprint density at radius 1 is 1.13 bits per heavy atom. The fourth-order valence-electron chi connectivity index (χ4n) is 4.35. The first-order valence-corrected chi connectivity index (χ1v) is 10.9. The third-order valence-electron chi connectivity index (χ3n) is 6.01. The molecule has 0 atom stereocenters. The summed E-state index contributed by atoms with van der Waals surface area (Å²) in [7, 11) is 0. The second-order valence-electron chi connectivity index (χ2n) is 8.34. The van der Waals surface area contributed by atoms with Crippen LogP contribution in [0.25, 0.3) is 5.69 Å². The summed E-state index contributed by atoms with van der Waals surface area (Å²) in [6.45, 7) is 4.58. The number of hydrogen-bond acceptors (Lipinski definition) is 6. The number of nitrogens with zero attached hydrogens (tertiary/aromatic N) is 4. The van der Waals surface area contributed by atoms with E-state index in [-0.39, 0.29) is 12.2 Å². The maximum atomic E-state index is 12.6. The van der Waals surface area contributed by atoms with Crippen LogP contribution in [0.4, 0.5) is 5.82 Å². The zero-order valence-corrected chi connectivity index (χ0v) is 17.9. The van der Waals surface area contributed by atoms with E-state index >= 15 is 0 Å². The van der Waals surface area contributed by atoms with E-state index in [9.17, 15) is 4.79 Å². The van der Waals surface area contributed by atoms with Crippen LogP contribution in [0, 0.1) is 5.41 Å². The highest BCUT2D eigenvalue weighted by molar-refractivity contribution is 6.30. The van der Waals surface area contributed by atoms with E-state index in [0.717, 1.165) is 43.4 Å². The van der Waals surface area contributed by atoms with Gasteiger partial charge in [0.2, 0.25) is 0 Å². The minimum atomic E-state index is -0.174. The summed E-state index contributed by atoms with van der Waals surface area (Å²) < 4.78 is 7.25. The van der Waals surface area contributed by atoms with Gasteiger partial charge in [0.25, 0.3) is 5.56 Å². The average Bonchev–Trinajstić information content (AvgIpc) is 2.78. The molecular weight excluding hydrogens is 414 g/mol. The van der Waals surface area contributed by atoms with E-state index < -0.39 is 0 Å². The lowest BCUT2D eigenvalue weighted by Crippen LogP contribution is -2.62. The molecule has 5 heterocycles. The first-order chi connectivity index (χ1) is 15.1. The number of nitrogens with one attached hydrogen (secondary N) is 1. The van der Waals surface area contributed by atoms with Crippen molar-refractivity contribution >= 4 is 17.4 Å². The number of ether oxygens (including phenoxy) is 1. The van der Waals surface area contributed by atoms with Crippen LogP contribution in [0.2, 0.25) is 5.02 Å². The third kappa shape index (κ3) is 4.29. The molecule has 8 heteroatoms. The fourth-order valence-corrected chi connectivity index (χ4v) is 4.46. The molecule has 2 saturated heterocycles. The van der Waals surface area contributed by atoms with E-state index in [4.69, 9.17) is 16.3 Å². The molecule has 2 fully saturated rings. The Morgan fingerprint density at radius 3 is 2.71 bits per heavy atom. The van der Waals surface area contributed by atoms with E-state index in [1.54, 1.807) is 41.4 Å². The Balaban J connectivity index is 1.23. The molecule has 0 aliphatic carbocycles. The van der Waals surface area contributed by atoms with Crippen molar-refractivity contribution in [2.45, 2.75) is 19.4 Å². The van der Waals surface area contributed by atoms with Crippen LogP contribution in [0.5, 0.6) is 5.75 Å². The van der Waals surface area contributed by atoms with Gasteiger partial charge < -0.3 is 15.0 Å². The molecular formula is C23H24ClN5O2. The molecule has 0 unspecified atom stereocenters. The highest BCUT2D eigenvalue weighted by Gasteiger charge is 2.43. The van der Waals surface area contributed by atoms with Crippen LogP contribution in [0.1, 0.15) is 18.5 Å². The average molecular weight is 438 g/mol. The van der Waals surface area contributed by atoms with Crippen molar-refractivity contribution in [2.24, 2.45) is 5.41 Å². The van der Waals surface area contributed by atoms with E-state index in [2.05, 4.69) is 20.2 Å². The van der Waals surface area contributed by atoms with E-state index in [1.807, 2.05) is 12.1 Å². The zero-order valence-electron chi connectivity index (χ0n) is 17.1. The molecule has 1 spiro atoms. The van der Waals surface area contributed by atoms with Gasteiger partial charge in [-0.05, 0) is 49.7 Å². The normalized spacial score (nSPS) is 17.4. The molecule has 5 rings (SSSR count). The molecule has 0 amide bonds. The van der Waals surface area contributed by atoms with Crippen molar-refractivity contribution < 1.29 is 4.74 Å². The fraction of sp³-hybridized carbons (Fsp3) is 0.348. The van der Waals surface area contributed by atoms with Crippen LogP contribution < -0.4 is 20.5 Å². The molecule has 160 valence electrons. The summed E-state index contributed by atoms with van der Waals surface area (Å²) in [5, 5.41) is 4.08. The van der Waals surface area contributed by atoms with Crippen molar-refractivity contribution in [1.29, 1.82) is 0 Å². The minimum absolute atomic E-state index is 0.174. The largest absolute Gasteiger partial charge is 0.487 e. The Morgan fingerprint density at radius 2 is 2.03 bits per heavy atom. The minimum Gasteiger partial charge on any atom is -0.487 e. The van der Waals surface area contributed by atoms with Gasteiger partial charge in [-0.1, -0.05) is 11.6 Å². The van der Waals surface area contributed by atoms with Gasteiger partial charge in [-0.3, -0.25) is 14.3 Å². The lowest BCUT2D eigenvalue weighted by atomic mass is 9.74. The maximum absolute atomic E-state index is 12.6. The summed E-state index contributed by atoms with van der Waals surface area (Å²) in [4.78, 5) is 23.7. The second-order valence-corrected chi connectivity index (χ2v) is 8.77. The quantitative estimate of drug-likeness (QED) is 0.661. The summed E-state index contributed by atoms with van der Waals surface area (Å²) in [5.41, 5.74) is 1.71. The van der Waals surface area contributed by atoms with Gasteiger partial charge >= 0.3 is 0 Å². The SMILES string of the molecule is O=c1cc(OCc2ccc(Cl)cn2)ccn1-c1ccc(N2CC3(CCCNC3)C2)nc1. The monoisotopic (exact) mass is 437 g/mol. The number of pyridine rings is 3. The van der Waals surface area contributed by atoms with Crippen molar-refractivity contribution in [2.75, 3.05) is 31.1 Å². The Kier molecular flexibility index (Phi) is 5.38. The van der Waals surface area contributed by atoms with Gasteiger partial charge in [0.15, 0.2) is 0 Å². The molecule has 7 nitrogen and oxygen atoms in total. The standard InChI is InChI=1S/C23H24ClN5O2/c24-17-2-3-18(26-11-17)13-31-20-6-9-29(22(30)10-20)19-4-5-21(27-12-19)28-15-23(16-28)7-1-8-25-14-23/h2-6,9-12,25H,1,7-8,13-16H2. The van der Waals surface area contributed by atoms with E-state index in [1.165, 1.54) is 18.9 Å². The van der Waals surface area contributed by atoms with Crippen LogP contribution in [-0.2, 0) is 6.61 Å². The number of rotatable bonds is 5. The lowest BCUT2D eigenvalue weighted by molar-refractivity contribution is 0.156. The Labute approximate surface area is 185 Å². The second kappa shape index (κ2) is 8.32. The summed E-state index contributed by atoms with van der Waals surface area (Å²) in [5.74, 6) is 1.46. The molecule has 31 heavy (non-hydrogen) atoms. The first-order valence-electron chi connectivity index (χ1n) is 10.5. The predicted molar refractivity (Wildman–Crippen MR) is 120 cm³/mol. The Hall–Kier alpha value is -2.90. The van der Waals surface area contributed by atoms with Gasteiger partial charge in [0.05, 0.1) is 22.6 Å². The molecule has 0 bridgehead atoms. The van der Waals surface area contributed by atoms with Gasteiger partial charge in [-0.25, -0.2) is 4.98 Å².